The maximum atomic E-state index is 11.7. The van der Waals surface area contributed by atoms with Gasteiger partial charge in [0.2, 0.25) is 5.91 Å². The smallest absolute Gasteiger partial charge is 0.220 e. The van der Waals surface area contributed by atoms with Crippen LogP contribution in [0.15, 0.2) is 18.6 Å². The Morgan fingerprint density at radius 2 is 2.10 bits per heavy atom. The molecule has 1 aliphatic carbocycles. The first-order valence-electron chi connectivity index (χ1n) is 6.78. The van der Waals surface area contributed by atoms with E-state index in [-0.39, 0.29) is 36.8 Å². The van der Waals surface area contributed by atoms with Crippen molar-refractivity contribution in [1.29, 1.82) is 0 Å². The average molecular weight is 336 g/mol. The van der Waals surface area contributed by atoms with E-state index >= 15 is 0 Å². The van der Waals surface area contributed by atoms with Crippen molar-refractivity contribution in [1.82, 2.24) is 15.3 Å². The van der Waals surface area contributed by atoms with Gasteiger partial charge >= 0.3 is 0 Å². The maximum Gasteiger partial charge on any atom is 0.220 e. The summed E-state index contributed by atoms with van der Waals surface area (Å²) < 4.78 is 0. The number of rotatable bonds is 6. The van der Waals surface area contributed by atoms with Crippen LogP contribution < -0.4 is 16.4 Å². The van der Waals surface area contributed by atoms with E-state index in [0.717, 1.165) is 25.1 Å². The third kappa shape index (κ3) is 6.93. The van der Waals surface area contributed by atoms with Crippen molar-refractivity contribution in [2.75, 3.05) is 18.4 Å². The van der Waals surface area contributed by atoms with Crippen LogP contribution in [0.5, 0.6) is 0 Å². The lowest BCUT2D eigenvalue weighted by Gasteiger charge is -2.14. The molecule has 0 unspecified atom stereocenters. The largest absolute Gasteiger partial charge is 0.367 e. The summed E-state index contributed by atoms with van der Waals surface area (Å²) in [6.45, 7) is 1.22. The van der Waals surface area contributed by atoms with E-state index in [4.69, 9.17) is 5.73 Å². The number of amides is 1. The predicted molar refractivity (Wildman–Crippen MR) is 88.0 cm³/mol. The molecule has 6 nitrogen and oxygen atoms in total. The number of halogens is 2. The fourth-order valence-electron chi connectivity index (χ4n) is 2.41. The summed E-state index contributed by atoms with van der Waals surface area (Å²) in [6, 6.07) is 0.198. The van der Waals surface area contributed by atoms with Crippen LogP contribution in [0.2, 0.25) is 0 Å². The minimum Gasteiger partial charge on any atom is -0.367 e. The summed E-state index contributed by atoms with van der Waals surface area (Å²) in [5.74, 6) is 1.16. The van der Waals surface area contributed by atoms with Gasteiger partial charge in [0.25, 0.3) is 0 Å². The molecule has 0 spiro atoms. The molecule has 2 rings (SSSR count). The van der Waals surface area contributed by atoms with Gasteiger partial charge in [-0.25, -0.2) is 4.98 Å². The molecule has 1 fully saturated rings. The molecule has 1 amide bonds. The van der Waals surface area contributed by atoms with E-state index in [1.807, 2.05) is 0 Å². The molecule has 2 atom stereocenters. The highest BCUT2D eigenvalue weighted by atomic mass is 35.5. The molecular formula is C13H23Cl2N5O. The molecule has 1 aromatic heterocycles. The number of aromatic nitrogens is 2. The number of carbonyl (C=O) groups is 1. The van der Waals surface area contributed by atoms with Crippen molar-refractivity contribution in [2.24, 2.45) is 11.7 Å². The van der Waals surface area contributed by atoms with Crippen LogP contribution in [0, 0.1) is 5.92 Å². The van der Waals surface area contributed by atoms with Gasteiger partial charge in [0, 0.05) is 37.9 Å². The topological polar surface area (TPSA) is 92.9 Å². The van der Waals surface area contributed by atoms with Crippen LogP contribution in [0.25, 0.3) is 0 Å². The average Bonchev–Trinajstić information content (AvgIpc) is 2.82. The van der Waals surface area contributed by atoms with Crippen LogP contribution in [-0.2, 0) is 4.79 Å². The molecule has 1 heterocycles. The van der Waals surface area contributed by atoms with Crippen LogP contribution in [-0.4, -0.2) is 35.0 Å². The summed E-state index contributed by atoms with van der Waals surface area (Å²) in [5.41, 5.74) is 5.95. The Bertz CT molecular complexity index is 407. The van der Waals surface area contributed by atoms with Gasteiger partial charge in [0.1, 0.15) is 5.82 Å². The fraction of sp³-hybridized carbons (Fsp3) is 0.615. The number of hydrogen-bond donors (Lipinski definition) is 3. The van der Waals surface area contributed by atoms with Crippen molar-refractivity contribution in [3.8, 4) is 0 Å². The van der Waals surface area contributed by atoms with Crippen molar-refractivity contribution in [3.05, 3.63) is 18.6 Å². The van der Waals surface area contributed by atoms with Crippen LogP contribution in [0.3, 0.4) is 0 Å². The Labute approximate surface area is 137 Å². The second-order valence-electron chi connectivity index (χ2n) is 4.93. The van der Waals surface area contributed by atoms with Gasteiger partial charge in [-0.1, -0.05) is 6.42 Å². The number of hydrogen-bond acceptors (Lipinski definition) is 5. The highest BCUT2D eigenvalue weighted by Gasteiger charge is 2.25. The Balaban J connectivity index is 0.00000200. The van der Waals surface area contributed by atoms with Gasteiger partial charge in [-0.3, -0.25) is 9.78 Å². The summed E-state index contributed by atoms with van der Waals surface area (Å²) in [6.07, 6.45) is 8.72. The van der Waals surface area contributed by atoms with E-state index in [0.29, 0.717) is 25.4 Å². The highest BCUT2D eigenvalue weighted by Crippen LogP contribution is 2.26. The Kier molecular flexibility index (Phi) is 10.0. The number of nitrogens with one attached hydrogen (secondary N) is 2. The third-order valence-electron chi connectivity index (χ3n) is 3.48. The summed E-state index contributed by atoms with van der Waals surface area (Å²) in [4.78, 5) is 19.8. The quantitative estimate of drug-likeness (QED) is 0.682. The molecule has 0 radical (unpaired) electrons. The van der Waals surface area contributed by atoms with Gasteiger partial charge in [-0.05, 0) is 18.8 Å². The molecule has 0 aliphatic heterocycles. The molecule has 1 aliphatic rings. The number of anilines is 1. The zero-order valence-corrected chi connectivity index (χ0v) is 13.5. The van der Waals surface area contributed by atoms with Gasteiger partial charge < -0.3 is 16.4 Å². The Morgan fingerprint density at radius 1 is 1.29 bits per heavy atom. The van der Waals surface area contributed by atoms with Gasteiger partial charge in [-0.2, -0.15) is 0 Å². The monoisotopic (exact) mass is 335 g/mol. The first-order valence-corrected chi connectivity index (χ1v) is 6.78. The third-order valence-corrected chi connectivity index (χ3v) is 3.48. The standard InChI is InChI=1S/C13H21N5O.2ClH/c14-11-3-1-2-10(11)8-13(19)18-7-6-17-12-9-15-4-5-16-12;;/h4-5,9-11H,1-3,6-8,14H2,(H,16,17)(H,18,19);2*1H/t10-,11+;;/m0../s1. The summed E-state index contributed by atoms with van der Waals surface area (Å²) in [5, 5.41) is 5.98. The minimum atomic E-state index is 0. The first kappa shape index (κ1) is 19.9. The zero-order valence-electron chi connectivity index (χ0n) is 11.8. The molecular weight excluding hydrogens is 313 g/mol. The van der Waals surface area contributed by atoms with Crippen LogP contribution in [0.1, 0.15) is 25.7 Å². The molecule has 1 aromatic rings. The second kappa shape index (κ2) is 10.6. The molecule has 1 saturated carbocycles. The fourth-order valence-corrected chi connectivity index (χ4v) is 2.41. The molecule has 21 heavy (non-hydrogen) atoms. The van der Waals surface area contributed by atoms with Crippen molar-refractivity contribution >= 4 is 36.5 Å². The molecule has 0 aromatic carbocycles. The lowest BCUT2D eigenvalue weighted by molar-refractivity contribution is -0.122. The maximum absolute atomic E-state index is 11.7. The molecule has 8 heteroatoms. The van der Waals surface area contributed by atoms with E-state index < -0.39 is 0 Å². The molecule has 0 saturated heterocycles. The highest BCUT2D eigenvalue weighted by molar-refractivity contribution is 5.85. The molecule has 120 valence electrons. The second-order valence-corrected chi connectivity index (χ2v) is 4.93. The van der Waals surface area contributed by atoms with Crippen LogP contribution >= 0.6 is 24.8 Å². The van der Waals surface area contributed by atoms with E-state index in [2.05, 4.69) is 20.6 Å². The van der Waals surface area contributed by atoms with Gasteiger partial charge in [0.05, 0.1) is 6.20 Å². The first-order chi connectivity index (χ1) is 9.25. The van der Waals surface area contributed by atoms with Crippen molar-refractivity contribution in [3.63, 3.8) is 0 Å². The lowest BCUT2D eigenvalue weighted by atomic mass is 10.00. The Morgan fingerprint density at radius 3 is 2.71 bits per heavy atom. The van der Waals surface area contributed by atoms with E-state index in [1.54, 1.807) is 18.6 Å². The molecule has 0 bridgehead atoms. The number of nitrogens with zero attached hydrogens (tertiary/aromatic N) is 2. The van der Waals surface area contributed by atoms with Gasteiger partial charge in [-0.15, -0.1) is 24.8 Å². The van der Waals surface area contributed by atoms with Crippen LogP contribution in [0.4, 0.5) is 5.82 Å². The normalized spacial score (nSPS) is 20.0. The summed E-state index contributed by atoms with van der Waals surface area (Å²) in [7, 11) is 0. The minimum absolute atomic E-state index is 0. The van der Waals surface area contributed by atoms with Crippen molar-refractivity contribution < 1.29 is 4.79 Å². The molecule has 4 N–H and O–H groups in total. The van der Waals surface area contributed by atoms with E-state index in [9.17, 15) is 4.79 Å². The SMILES string of the molecule is Cl.Cl.N[C@@H]1CCC[C@H]1CC(=O)NCCNc1cnccn1. The predicted octanol–water partition coefficient (Wildman–Crippen LogP) is 1.37. The number of carbonyl (C=O) groups excluding carboxylic acids is 1. The summed E-state index contributed by atoms with van der Waals surface area (Å²) >= 11 is 0. The van der Waals surface area contributed by atoms with Gasteiger partial charge in [0.15, 0.2) is 0 Å². The Hall–Kier alpha value is -1.11. The number of nitrogens with two attached hydrogens (primary N) is 1. The van der Waals surface area contributed by atoms with E-state index in [1.165, 1.54) is 0 Å². The van der Waals surface area contributed by atoms with Crippen molar-refractivity contribution in [2.45, 2.75) is 31.7 Å². The zero-order chi connectivity index (χ0) is 13.5. The lowest BCUT2D eigenvalue weighted by Crippen LogP contribution is -2.33.